The van der Waals surface area contributed by atoms with Crippen molar-refractivity contribution in [1.29, 1.82) is 0 Å². The molecule has 1 heterocycles. The SMILES string of the molecule is CC(C)(C)c1ccc(COC(=O)C2=NNC(=O)CC2)cc1. The Kier molecular flexibility index (Phi) is 4.40. The van der Waals surface area contributed by atoms with Gasteiger partial charge in [-0.1, -0.05) is 45.0 Å². The van der Waals surface area contributed by atoms with Crippen LogP contribution >= 0.6 is 0 Å². The van der Waals surface area contributed by atoms with E-state index in [2.05, 4.69) is 31.3 Å². The van der Waals surface area contributed by atoms with Crippen molar-refractivity contribution in [2.45, 2.75) is 45.6 Å². The molecule has 0 fully saturated rings. The van der Waals surface area contributed by atoms with Crippen LogP contribution in [0.15, 0.2) is 29.4 Å². The number of rotatable bonds is 3. The Balaban J connectivity index is 1.91. The molecular weight excluding hydrogens is 268 g/mol. The lowest BCUT2D eigenvalue weighted by Crippen LogP contribution is -2.30. The lowest BCUT2D eigenvalue weighted by molar-refractivity contribution is -0.137. The molecule has 1 aliphatic heterocycles. The van der Waals surface area contributed by atoms with E-state index < -0.39 is 5.97 Å². The average Bonchev–Trinajstić information content (AvgIpc) is 2.45. The summed E-state index contributed by atoms with van der Waals surface area (Å²) in [5.41, 5.74) is 4.81. The first-order valence-corrected chi connectivity index (χ1v) is 6.98. The summed E-state index contributed by atoms with van der Waals surface area (Å²) in [4.78, 5) is 22.8. The average molecular weight is 288 g/mol. The Bertz CT molecular complexity index is 568. The molecule has 0 aliphatic carbocycles. The van der Waals surface area contributed by atoms with E-state index in [1.54, 1.807) is 0 Å². The number of hydrogen-bond acceptors (Lipinski definition) is 4. The highest BCUT2D eigenvalue weighted by atomic mass is 16.5. The zero-order chi connectivity index (χ0) is 15.5. The van der Waals surface area contributed by atoms with E-state index in [0.717, 1.165) is 5.56 Å². The fourth-order valence-electron chi connectivity index (χ4n) is 1.95. The standard InChI is InChI=1S/C16H20N2O3/c1-16(2,3)12-6-4-11(5-7-12)10-21-15(20)13-8-9-14(19)18-17-13/h4-7H,8-10H2,1-3H3,(H,18,19). The van der Waals surface area contributed by atoms with Gasteiger partial charge >= 0.3 is 5.97 Å². The fourth-order valence-corrected chi connectivity index (χ4v) is 1.95. The smallest absolute Gasteiger partial charge is 0.354 e. The van der Waals surface area contributed by atoms with Crippen molar-refractivity contribution in [3.63, 3.8) is 0 Å². The van der Waals surface area contributed by atoms with Gasteiger partial charge < -0.3 is 4.74 Å². The number of nitrogens with zero attached hydrogens (tertiary/aromatic N) is 1. The van der Waals surface area contributed by atoms with Gasteiger partial charge in [0.25, 0.3) is 0 Å². The zero-order valence-electron chi connectivity index (χ0n) is 12.6. The summed E-state index contributed by atoms with van der Waals surface area (Å²) in [6, 6.07) is 8.00. The normalized spacial score (nSPS) is 15.2. The molecule has 2 rings (SSSR count). The number of hydrazone groups is 1. The molecule has 5 heteroatoms. The number of nitrogens with one attached hydrogen (secondary N) is 1. The van der Waals surface area contributed by atoms with Crippen LogP contribution in [0.3, 0.4) is 0 Å². The Morgan fingerprint density at radius 1 is 1.24 bits per heavy atom. The summed E-state index contributed by atoms with van der Waals surface area (Å²) in [5.74, 6) is -0.654. The number of amides is 1. The monoisotopic (exact) mass is 288 g/mol. The van der Waals surface area contributed by atoms with Crippen LogP contribution in [-0.2, 0) is 26.3 Å². The predicted molar refractivity (Wildman–Crippen MR) is 79.7 cm³/mol. The maximum atomic E-state index is 11.8. The number of benzene rings is 1. The van der Waals surface area contributed by atoms with E-state index in [9.17, 15) is 9.59 Å². The number of esters is 1. The van der Waals surface area contributed by atoms with E-state index in [1.165, 1.54) is 5.56 Å². The lowest BCUT2D eigenvalue weighted by atomic mass is 9.87. The molecule has 0 unspecified atom stereocenters. The largest absolute Gasteiger partial charge is 0.456 e. The molecule has 5 nitrogen and oxygen atoms in total. The van der Waals surface area contributed by atoms with Crippen molar-refractivity contribution in [2.24, 2.45) is 5.10 Å². The van der Waals surface area contributed by atoms with Gasteiger partial charge in [-0.3, -0.25) is 4.79 Å². The predicted octanol–water partition coefficient (Wildman–Crippen LogP) is 2.29. The van der Waals surface area contributed by atoms with Crippen LogP contribution in [0.2, 0.25) is 0 Å². The van der Waals surface area contributed by atoms with Gasteiger partial charge in [0.2, 0.25) is 5.91 Å². The number of ether oxygens (including phenoxy) is 1. The summed E-state index contributed by atoms with van der Waals surface area (Å²) < 4.78 is 5.21. The molecule has 1 aromatic rings. The maximum Gasteiger partial charge on any atom is 0.354 e. The van der Waals surface area contributed by atoms with Crippen molar-refractivity contribution in [3.05, 3.63) is 35.4 Å². The highest BCUT2D eigenvalue weighted by Crippen LogP contribution is 2.22. The van der Waals surface area contributed by atoms with Crippen LogP contribution < -0.4 is 5.43 Å². The molecule has 0 saturated carbocycles. The van der Waals surface area contributed by atoms with E-state index in [1.807, 2.05) is 24.3 Å². The van der Waals surface area contributed by atoms with Crippen molar-refractivity contribution in [3.8, 4) is 0 Å². The molecule has 0 aromatic heterocycles. The topological polar surface area (TPSA) is 67.8 Å². The molecule has 0 bridgehead atoms. The third-order valence-corrected chi connectivity index (χ3v) is 3.33. The van der Waals surface area contributed by atoms with Crippen LogP contribution in [0.25, 0.3) is 0 Å². The zero-order valence-corrected chi connectivity index (χ0v) is 12.6. The van der Waals surface area contributed by atoms with Gasteiger partial charge in [0.1, 0.15) is 12.3 Å². The Morgan fingerprint density at radius 2 is 1.90 bits per heavy atom. The fraction of sp³-hybridized carbons (Fsp3) is 0.438. The summed E-state index contributed by atoms with van der Waals surface area (Å²) >= 11 is 0. The Hall–Kier alpha value is -2.17. The molecule has 21 heavy (non-hydrogen) atoms. The van der Waals surface area contributed by atoms with Crippen molar-refractivity contribution >= 4 is 17.6 Å². The second-order valence-electron chi connectivity index (χ2n) is 6.12. The highest BCUT2D eigenvalue weighted by molar-refractivity contribution is 6.37. The number of hydrogen-bond donors (Lipinski definition) is 1. The van der Waals surface area contributed by atoms with E-state index in [0.29, 0.717) is 6.42 Å². The van der Waals surface area contributed by atoms with Crippen LogP contribution in [-0.4, -0.2) is 17.6 Å². The molecule has 1 amide bonds. The van der Waals surface area contributed by atoms with Gasteiger partial charge in [0.15, 0.2) is 0 Å². The third-order valence-electron chi connectivity index (χ3n) is 3.33. The minimum atomic E-state index is -0.477. The molecular formula is C16H20N2O3. The minimum Gasteiger partial charge on any atom is -0.456 e. The third kappa shape index (κ3) is 4.15. The number of carbonyl (C=O) groups excluding carboxylic acids is 2. The second-order valence-corrected chi connectivity index (χ2v) is 6.12. The Morgan fingerprint density at radius 3 is 2.43 bits per heavy atom. The molecule has 112 valence electrons. The van der Waals surface area contributed by atoms with E-state index >= 15 is 0 Å². The minimum absolute atomic E-state index is 0.101. The summed E-state index contributed by atoms with van der Waals surface area (Å²) in [6.45, 7) is 6.66. The van der Waals surface area contributed by atoms with Crippen molar-refractivity contribution < 1.29 is 14.3 Å². The van der Waals surface area contributed by atoms with Crippen molar-refractivity contribution in [1.82, 2.24) is 5.43 Å². The Labute approximate surface area is 124 Å². The molecule has 1 aromatic carbocycles. The molecule has 1 N–H and O–H groups in total. The van der Waals surface area contributed by atoms with Gasteiger partial charge in [0, 0.05) is 12.8 Å². The van der Waals surface area contributed by atoms with Gasteiger partial charge in [0.05, 0.1) is 0 Å². The van der Waals surface area contributed by atoms with Crippen LogP contribution in [0.4, 0.5) is 0 Å². The highest BCUT2D eigenvalue weighted by Gasteiger charge is 2.19. The van der Waals surface area contributed by atoms with Crippen LogP contribution in [0.1, 0.15) is 44.7 Å². The maximum absolute atomic E-state index is 11.8. The molecule has 0 atom stereocenters. The van der Waals surface area contributed by atoms with Gasteiger partial charge in [-0.2, -0.15) is 5.10 Å². The summed E-state index contributed by atoms with van der Waals surface area (Å²) in [6.07, 6.45) is 0.599. The van der Waals surface area contributed by atoms with E-state index in [-0.39, 0.29) is 30.1 Å². The molecule has 0 saturated heterocycles. The lowest BCUT2D eigenvalue weighted by Gasteiger charge is -2.19. The van der Waals surface area contributed by atoms with Gasteiger partial charge in [-0.05, 0) is 16.5 Å². The first-order valence-electron chi connectivity index (χ1n) is 6.98. The molecule has 1 aliphatic rings. The van der Waals surface area contributed by atoms with Crippen molar-refractivity contribution in [2.75, 3.05) is 0 Å². The molecule has 0 radical (unpaired) electrons. The first-order chi connectivity index (χ1) is 9.86. The first kappa shape index (κ1) is 15.2. The van der Waals surface area contributed by atoms with E-state index in [4.69, 9.17) is 4.74 Å². The second kappa shape index (κ2) is 6.08. The number of carbonyl (C=O) groups is 2. The van der Waals surface area contributed by atoms with Gasteiger partial charge in [-0.25, -0.2) is 10.2 Å². The van der Waals surface area contributed by atoms with Crippen LogP contribution in [0.5, 0.6) is 0 Å². The molecule has 0 spiro atoms. The summed E-state index contributed by atoms with van der Waals surface area (Å²) in [7, 11) is 0. The quantitative estimate of drug-likeness (QED) is 0.868. The summed E-state index contributed by atoms with van der Waals surface area (Å²) in [5, 5.41) is 3.71. The van der Waals surface area contributed by atoms with Gasteiger partial charge in [-0.15, -0.1) is 0 Å². The van der Waals surface area contributed by atoms with Crippen LogP contribution in [0, 0.1) is 0 Å².